The number of aromatic nitrogens is 2. The summed E-state index contributed by atoms with van der Waals surface area (Å²) in [6.45, 7) is 10.2. The third-order valence-electron chi connectivity index (χ3n) is 7.53. The van der Waals surface area contributed by atoms with Gasteiger partial charge >= 0.3 is 6.03 Å². The Hall–Kier alpha value is -4.38. The monoisotopic (exact) mass is 637 g/mol. The van der Waals surface area contributed by atoms with Crippen LogP contribution >= 0.6 is 0 Å². The largest absolute Gasteiger partial charge is 0.450 e. The quantitative estimate of drug-likeness (QED) is 0.132. The molecular weight excluding hydrogens is 603 g/mol. The number of amides is 2. The summed E-state index contributed by atoms with van der Waals surface area (Å²) in [4.78, 5) is 16.8. The van der Waals surface area contributed by atoms with Crippen LogP contribution in [0.2, 0.25) is 25.7 Å². The van der Waals surface area contributed by atoms with Crippen molar-refractivity contribution in [2.24, 2.45) is 5.92 Å². The first kappa shape index (κ1) is 32.0. The number of carbonyl (C=O) groups is 1. The van der Waals surface area contributed by atoms with E-state index in [2.05, 4.69) is 35.3 Å². The van der Waals surface area contributed by atoms with E-state index in [1.807, 2.05) is 13.0 Å². The Balaban J connectivity index is 1.46. The highest BCUT2D eigenvalue weighted by Crippen LogP contribution is 2.40. The minimum absolute atomic E-state index is 0.0207. The number of rotatable bonds is 11. The topological polar surface area (TPSA) is 110 Å². The van der Waals surface area contributed by atoms with Gasteiger partial charge in [0.25, 0.3) is 0 Å². The number of carbonyl (C=O) groups excluding carboxylic acids is 1. The molecule has 1 atom stereocenters. The van der Waals surface area contributed by atoms with E-state index in [1.54, 1.807) is 10.8 Å². The van der Waals surface area contributed by atoms with Crippen LogP contribution in [0.3, 0.4) is 0 Å². The molecule has 5 rings (SSSR count). The van der Waals surface area contributed by atoms with Crippen molar-refractivity contribution in [2.75, 3.05) is 25.1 Å². The molecule has 0 spiro atoms. The Kier molecular flexibility index (Phi) is 9.47. The molecule has 1 fully saturated rings. The maximum absolute atomic E-state index is 15.3. The summed E-state index contributed by atoms with van der Waals surface area (Å²) in [6.07, 6.45) is 3.05. The Bertz CT molecular complexity index is 1740. The Morgan fingerprint density at radius 3 is 2.49 bits per heavy atom. The van der Waals surface area contributed by atoms with Gasteiger partial charge in [-0.15, -0.1) is 0 Å². The Labute approximate surface area is 259 Å². The fourth-order valence-corrected chi connectivity index (χ4v) is 5.55. The zero-order valence-corrected chi connectivity index (χ0v) is 26.4. The van der Waals surface area contributed by atoms with Crippen molar-refractivity contribution in [1.82, 2.24) is 14.9 Å². The molecule has 4 aromatic rings. The lowest BCUT2D eigenvalue weighted by Gasteiger charge is -2.31. The molecule has 13 heteroatoms. The third kappa shape index (κ3) is 7.47. The van der Waals surface area contributed by atoms with Gasteiger partial charge in [-0.1, -0.05) is 25.7 Å². The Morgan fingerprint density at radius 1 is 1.13 bits per heavy atom. The average molecular weight is 638 g/mol. The molecule has 0 aliphatic carbocycles. The van der Waals surface area contributed by atoms with E-state index < -0.39 is 37.3 Å². The molecule has 1 aliphatic rings. The van der Waals surface area contributed by atoms with Gasteiger partial charge in [-0.05, 0) is 31.2 Å². The average Bonchev–Trinajstić information content (AvgIpc) is 3.30. The van der Waals surface area contributed by atoms with Crippen molar-refractivity contribution >= 4 is 30.8 Å². The van der Waals surface area contributed by atoms with Gasteiger partial charge in [0.15, 0.2) is 17.4 Å². The van der Waals surface area contributed by atoms with Crippen molar-refractivity contribution in [3.63, 3.8) is 0 Å². The molecule has 0 saturated carbocycles. The van der Waals surface area contributed by atoms with Crippen LogP contribution in [0.15, 0.2) is 48.8 Å². The number of urea groups is 1. The molecule has 0 bridgehead atoms. The summed E-state index contributed by atoms with van der Waals surface area (Å²) >= 11 is 0. The molecule has 2 aromatic carbocycles. The van der Waals surface area contributed by atoms with Gasteiger partial charge in [0.05, 0.1) is 30.2 Å². The number of nitrogens with one attached hydrogen (secondary N) is 2. The third-order valence-corrected chi connectivity index (χ3v) is 9.24. The zero-order valence-electron chi connectivity index (χ0n) is 25.4. The van der Waals surface area contributed by atoms with Crippen LogP contribution in [-0.2, 0) is 16.2 Å². The number of hydrogen-bond acceptors (Lipinski definition) is 6. The van der Waals surface area contributed by atoms with E-state index in [4.69, 9.17) is 14.2 Å². The summed E-state index contributed by atoms with van der Waals surface area (Å²) in [6, 6.07) is 9.43. The number of anilines is 1. The van der Waals surface area contributed by atoms with E-state index in [0.717, 1.165) is 24.2 Å². The molecule has 1 aliphatic heterocycles. The predicted molar refractivity (Wildman–Crippen MR) is 166 cm³/mol. The van der Waals surface area contributed by atoms with E-state index in [-0.39, 0.29) is 41.3 Å². The first-order valence-electron chi connectivity index (χ1n) is 14.5. The number of benzene rings is 2. The first-order valence-corrected chi connectivity index (χ1v) is 18.2. The predicted octanol–water partition coefficient (Wildman–Crippen LogP) is 7.25. The fraction of sp³-hybridized carbons (Fsp3) is 0.344. The molecule has 2 amide bonds. The Morgan fingerprint density at radius 2 is 1.87 bits per heavy atom. The lowest BCUT2D eigenvalue weighted by atomic mass is 10.0. The SMILES string of the molecule is C[C@@H](NC(=O)Nc1cc(F)c(Oc2ccnc3c2c(-c2ccc(C#N)cc2F)cn3COCC[Si](C)(C)C)c(F)c1)C1COC1. The van der Waals surface area contributed by atoms with E-state index >= 15 is 13.2 Å². The second-order valence-electron chi connectivity index (χ2n) is 12.2. The summed E-state index contributed by atoms with van der Waals surface area (Å²) in [5.74, 6) is -3.29. The molecule has 2 aromatic heterocycles. The summed E-state index contributed by atoms with van der Waals surface area (Å²) in [7, 11) is -1.35. The molecule has 3 heterocycles. The number of hydrogen-bond donors (Lipinski definition) is 2. The number of ether oxygens (including phenoxy) is 3. The number of nitrogens with zero attached hydrogens (tertiary/aromatic N) is 3. The number of halogens is 3. The molecule has 0 radical (unpaired) electrons. The zero-order chi connectivity index (χ0) is 32.3. The van der Waals surface area contributed by atoms with Crippen LogP contribution in [0.25, 0.3) is 22.2 Å². The summed E-state index contributed by atoms with van der Waals surface area (Å²) in [5, 5.41) is 14.7. The van der Waals surface area contributed by atoms with Gasteiger partial charge in [-0.2, -0.15) is 5.26 Å². The fourth-order valence-electron chi connectivity index (χ4n) is 4.79. The lowest BCUT2D eigenvalue weighted by molar-refractivity contribution is -0.0444. The van der Waals surface area contributed by atoms with Crippen LogP contribution in [0.5, 0.6) is 11.5 Å². The highest BCUT2D eigenvalue weighted by atomic mass is 28.3. The molecule has 0 unspecified atom stereocenters. The maximum Gasteiger partial charge on any atom is 0.319 e. The lowest BCUT2D eigenvalue weighted by Crippen LogP contribution is -2.47. The van der Waals surface area contributed by atoms with Crippen molar-refractivity contribution in [1.29, 1.82) is 5.26 Å². The van der Waals surface area contributed by atoms with Gasteiger partial charge in [-0.3, -0.25) is 0 Å². The van der Waals surface area contributed by atoms with Crippen LogP contribution < -0.4 is 15.4 Å². The minimum atomic E-state index is -1.35. The van der Waals surface area contributed by atoms with Crippen LogP contribution in [-0.4, -0.2) is 49.5 Å². The standard InChI is InChI=1S/C32H34F3N5O4Si/c1-19(21-16-43-17-21)38-32(41)39-22-12-26(34)30(27(35)13-22)44-28-7-8-37-31-29(28)24(23-6-5-20(14-36)11-25(23)33)15-40(31)18-42-9-10-45(2,3)4/h5-8,11-13,15,19,21H,9-10,16-18H2,1-4H3,(H2,38,39,41)/t19-/m1/s1. The highest BCUT2D eigenvalue weighted by Gasteiger charge is 2.27. The van der Waals surface area contributed by atoms with Crippen molar-refractivity contribution in [3.05, 3.63) is 71.8 Å². The minimum Gasteiger partial charge on any atom is -0.450 e. The van der Waals surface area contributed by atoms with Crippen LogP contribution in [0.4, 0.5) is 23.7 Å². The smallest absolute Gasteiger partial charge is 0.319 e. The summed E-state index contributed by atoms with van der Waals surface area (Å²) in [5.41, 5.74) is 0.870. The summed E-state index contributed by atoms with van der Waals surface area (Å²) < 4.78 is 64.4. The van der Waals surface area contributed by atoms with E-state index in [1.165, 1.54) is 24.4 Å². The molecule has 45 heavy (non-hydrogen) atoms. The van der Waals surface area contributed by atoms with E-state index in [9.17, 15) is 10.1 Å². The molecule has 1 saturated heterocycles. The van der Waals surface area contributed by atoms with E-state index in [0.29, 0.717) is 36.4 Å². The van der Waals surface area contributed by atoms with Gasteiger partial charge in [0.2, 0.25) is 0 Å². The van der Waals surface area contributed by atoms with Crippen LogP contribution in [0, 0.1) is 34.7 Å². The van der Waals surface area contributed by atoms with Crippen molar-refractivity contribution < 1.29 is 32.2 Å². The normalized spacial score (nSPS) is 14.1. The van der Waals surface area contributed by atoms with Gasteiger partial charge in [-0.25, -0.2) is 22.9 Å². The molecule has 236 valence electrons. The molecule has 9 nitrogen and oxygen atoms in total. The maximum atomic E-state index is 15.3. The molecule has 2 N–H and O–H groups in total. The first-order chi connectivity index (χ1) is 21.4. The number of pyridine rings is 1. The second-order valence-corrected chi connectivity index (χ2v) is 17.9. The number of nitriles is 1. The van der Waals surface area contributed by atoms with Gasteiger partial charge < -0.3 is 29.4 Å². The molecular formula is C32H34F3N5O4Si. The highest BCUT2D eigenvalue weighted by molar-refractivity contribution is 6.76. The number of fused-ring (bicyclic) bond motifs is 1. The van der Waals surface area contributed by atoms with Crippen molar-refractivity contribution in [2.45, 2.75) is 45.4 Å². The van der Waals surface area contributed by atoms with Gasteiger partial charge in [0.1, 0.15) is 23.9 Å². The van der Waals surface area contributed by atoms with Gasteiger partial charge in [0, 0.05) is 68.0 Å². The van der Waals surface area contributed by atoms with Crippen molar-refractivity contribution in [3.8, 4) is 28.7 Å². The second kappa shape index (κ2) is 13.3. The van der Waals surface area contributed by atoms with Crippen LogP contribution in [0.1, 0.15) is 12.5 Å².